The second-order valence-corrected chi connectivity index (χ2v) is 5.80. The number of hydrogen-bond acceptors (Lipinski definition) is 3. The normalized spacial score (nSPS) is 22.4. The Morgan fingerprint density at radius 1 is 1.37 bits per heavy atom. The van der Waals surface area contributed by atoms with Crippen molar-refractivity contribution in [3.05, 3.63) is 29.3 Å². The molecule has 0 bridgehead atoms. The minimum Gasteiger partial charge on any atom is -0.497 e. The lowest BCUT2D eigenvalue weighted by Gasteiger charge is -2.31. The van der Waals surface area contributed by atoms with Crippen LogP contribution in [0.15, 0.2) is 18.2 Å². The Bertz CT molecular complexity index is 442. The van der Waals surface area contributed by atoms with Crippen molar-refractivity contribution in [2.45, 2.75) is 51.4 Å². The van der Waals surface area contributed by atoms with Gasteiger partial charge in [0, 0.05) is 6.42 Å². The molecule has 1 aromatic carbocycles. The average molecular weight is 263 g/mol. The molecule has 3 heteroatoms. The summed E-state index contributed by atoms with van der Waals surface area (Å²) in [4.78, 5) is 0. The first-order chi connectivity index (χ1) is 9.00. The molecule has 0 heterocycles. The molecule has 1 aliphatic rings. The zero-order chi connectivity index (χ0) is 14.0. The van der Waals surface area contributed by atoms with Crippen LogP contribution in [0.3, 0.4) is 0 Å². The third-order valence-electron chi connectivity index (χ3n) is 4.11. The van der Waals surface area contributed by atoms with Gasteiger partial charge in [-0.15, -0.1) is 0 Å². The van der Waals surface area contributed by atoms with Crippen molar-refractivity contribution >= 4 is 0 Å². The van der Waals surface area contributed by atoms with Gasteiger partial charge in [0.15, 0.2) is 0 Å². The zero-order valence-electron chi connectivity index (χ0n) is 12.6. The molecule has 2 rings (SSSR count). The summed E-state index contributed by atoms with van der Waals surface area (Å²) in [5, 5.41) is 3.39. The molecule has 0 radical (unpaired) electrons. The van der Waals surface area contributed by atoms with Crippen molar-refractivity contribution in [1.29, 1.82) is 0 Å². The summed E-state index contributed by atoms with van der Waals surface area (Å²) in [5.74, 6) is 0.911. The van der Waals surface area contributed by atoms with E-state index < -0.39 is 0 Å². The minimum absolute atomic E-state index is 0.0775. The van der Waals surface area contributed by atoms with Crippen molar-refractivity contribution in [1.82, 2.24) is 5.32 Å². The highest BCUT2D eigenvalue weighted by Gasteiger charge is 2.35. The molecule has 0 aliphatic heterocycles. The fourth-order valence-corrected chi connectivity index (χ4v) is 2.65. The van der Waals surface area contributed by atoms with E-state index in [-0.39, 0.29) is 17.7 Å². The molecule has 0 aromatic heterocycles. The number of benzene rings is 1. The van der Waals surface area contributed by atoms with Crippen LogP contribution in [0, 0.1) is 0 Å². The van der Waals surface area contributed by atoms with Gasteiger partial charge in [-0.25, -0.2) is 0 Å². The van der Waals surface area contributed by atoms with Gasteiger partial charge in [-0.05, 0) is 50.6 Å². The van der Waals surface area contributed by atoms with Gasteiger partial charge in [-0.3, -0.25) is 0 Å². The van der Waals surface area contributed by atoms with Crippen molar-refractivity contribution < 1.29 is 9.47 Å². The summed E-state index contributed by atoms with van der Waals surface area (Å²) in [6.07, 6.45) is 2.18. The largest absolute Gasteiger partial charge is 0.497 e. The Balaban J connectivity index is 2.23. The van der Waals surface area contributed by atoms with E-state index in [2.05, 4.69) is 38.2 Å². The molecule has 0 amide bonds. The summed E-state index contributed by atoms with van der Waals surface area (Å²) in [7, 11) is 3.70. The number of fused-ring (bicyclic) bond motifs is 1. The van der Waals surface area contributed by atoms with E-state index in [1.54, 1.807) is 7.11 Å². The van der Waals surface area contributed by atoms with Gasteiger partial charge in [0.05, 0.1) is 24.9 Å². The van der Waals surface area contributed by atoms with Crippen molar-refractivity contribution in [3.8, 4) is 5.75 Å². The first-order valence-corrected chi connectivity index (χ1v) is 7.02. The van der Waals surface area contributed by atoms with Gasteiger partial charge in [0.2, 0.25) is 0 Å². The van der Waals surface area contributed by atoms with Crippen LogP contribution in [0.2, 0.25) is 0 Å². The number of nitrogens with one attached hydrogen (secondary N) is 1. The number of methoxy groups -OCH3 is 1. The van der Waals surface area contributed by atoms with Gasteiger partial charge in [0.1, 0.15) is 5.75 Å². The zero-order valence-corrected chi connectivity index (χ0v) is 12.6. The average Bonchev–Trinajstić information content (AvgIpc) is 2.73. The van der Waals surface area contributed by atoms with Crippen molar-refractivity contribution in [2.75, 3.05) is 14.2 Å². The summed E-state index contributed by atoms with van der Waals surface area (Å²) in [6, 6.07) is 6.55. The second-order valence-electron chi connectivity index (χ2n) is 5.80. The standard InChI is InChI=1S/C16H25NO2/c1-6-16(2,3)19-14-9-11-7-8-12(18-5)10-13(11)15(14)17-4/h7-8,10,14-15,17H,6,9H2,1-5H3. The topological polar surface area (TPSA) is 30.5 Å². The number of likely N-dealkylation sites (N-methyl/N-ethyl adjacent to an activating group) is 1. The maximum atomic E-state index is 6.30. The van der Waals surface area contributed by atoms with Gasteiger partial charge in [-0.1, -0.05) is 13.0 Å². The van der Waals surface area contributed by atoms with Crippen LogP contribution in [0.4, 0.5) is 0 Å². The Morgan fingerprint density at radius 3 is 2.68 bits per heavy atom. The van der Waals surface area contributed by atoms with Gasteiger partial charge in [-0.2, -0.15) is 0 Å². The highest BCUT2D eigenvalue weighted by Crippen LogP contribution is 2.37. The summed E-state index contributed by atoms with van der Waals surface area (Å²) >= 11 is 0. The van der Waals surface area contributed by atoms with Crippen LogP contribution in [0.25, 0.3) is 0 Å². The Labute approximate surface area is 116 Å². The minimum atomic E-state index is -0.0775. The van der Waals surface area contributed by atoms with Crippen molar-refractivity contribution in [3.63, 3.8) is 0 Å². The fourth-order valence-electron chi connectivity index (χ4n) is 2.65. The summed E-state index contributed by atoms with van der Waals surface area (Å²) in [5.41, 5.74) is 2.59. The maximum Gasteiger partial charge on any atom is 0.119 e. The first-order valence-electron chi connectivity index (χ1n) is 7.02. The van der Waals surface area contributed by atoms with Crippen LogP contribution in [0.5, 0.6) is 5.75 Å². The van der Waals surface area contributed by atoms with Crippen LogP contribution < -0.4 is 10.1 Å². The molecule has 0 saturated carbocycles. The lowest BCUT2D eigenvalue weighted by atomic mass is 10.0. The quantitative estimate of drug-likeness (QED) is 0.885. The molecule has 2 atom stereocenters. The Kier molecular flexibility index (Phi) is 4.16. The lowest BCUT2D eigenvalue weighted by Crippen LogP contribution is -2.36. The smallest absolute Gasteiger partial charge is 0.119 e. The van der Waals surface area contributed by atoms with E-state index in [0.29, 0.717) is 0 Å². The number of ether oxygens (including phenoxy) is 2. The second kappa shape index (κ2) is 5.51. The Morgan fingerprint density at radius 2 is 2.11 bits per heavy atom. The highest BCUT2D eigenvalue weighted by atomic mass is 16.5. The van der Waals surface area contributed by atoms with E-state index in [0.717, 1.165) is 18.6 Å². The number of hydrogen-bond donors (Lipinski definition) is 1. The number of rotatable bonds is 5. The van der Waals surface area contributed by atoms with Gasteiger partial charge in [0.25, 0.3) is 0 Å². The van der Waals surface area contributed by atoms with Crippen LogP contribution >= 0.6 is 0 Å². The van der Waals surface area contributed by atoms with E-state index in [4.69, 9.17) is 9.47 Å². The summed E-state index contributed by atoms with van der Waals surface area (Å²) < 4.78 is 11.6. The first kappa shape index (κ1) is 14.4. The predicted molar refractivity (Wildman–Crippen MR) is 77.7 cm³/mol. The third kappa shape index (κ3) is 2.93. The van der Waals surface area contributed by atoms with Crippen LogP contribution in [-0.2, 0) is 11.2 Å². The molecule has 0 fully saturated rings. The van der Waals surface area contributed by atoms with E-state index in [9.17, 15) is 0 Å². The van der Waals surface area contributed by atoms with E-state index >= 15 is 0 Å². The molecule has 2 unspecified atom stereocenters. The SMILES string of the molecule is CCC(C)(C)OC1Cc2ccc(OC)cc2C1NC. The molecular formula is C16H25NO2. The highest BCUT2D eigenvalue weighted by molar-refractivity contribution is 5.42. The van der Waals surface area contributed by atoms with Crippen molar-refractivity contribution in [2.24, 2.45) is 0 Å². The van der Waals surface area contributed by atoms with E-state index in [1.807, 2.05) is 13.1 Å². The van der Waals surface area contributed by atoms with E-state index in [1.165, 1.54) is 11.1 Å². The van der Waals surface area contributed by atoms with Gasteiger partial charge >= 0.3 is 0 Å². The third-order valence-corrected chi connectivity index (χ3v) is 4.11. The molecule has 19 heavy (non-hydrogen) atoms. The molecule has 0 spiro atoms. The summed E-state index contributed by atoms with van der Waals surface area (Å²) in [6.45, 7) is 6.48. The molecule has 1 aromatic rings. The van der Waals surface area contributed by atoms with Gasteiger partial charge < -0.3 is 14.8 Å². The molecule has 0 saturated heterocycles. The van der Waals surface area contributed by atoms with Crippen LogP contribution in [0.1, 0.15) is 44.4 Å². The Hall–Kier alpha value is -1.06. The predicted octanol–water partition coefficient (Wildman–Crippen LogP) is 3.09. The lowest BCUT2D eigenvalue weighted by molar-refractivity contribution is -0.0820. The molecule has 3 nitrogen and oxygen atoms in total. The molecular weight excluding hydrogens is 238 g/mol. The monoisotopic (exact) mass is 263 g/mol. The maximum absolute atomic E-state index is 6.30. The molecule has 1 N–H and O–H groups in total. The fraction of sp³-hybridized carbons (Fsp3) is 0.625. The van der Waals surface area contributed by atoms with Crippen LogP contribution in [-0.4, -0.2) is 25.9 Å². The molecule has 106 valence electrons. The molecule has 1 aliphatic carbocycles.